The molecule has 6 heteroatoms. The highest BCUT2D eigenvalue weighted by molar-refractivity contribution is 6.06. The summed E-state index contributed by atoms with van der Waals surface area (Å²) in [4.78, 5) is 30.7. The number of nitrogens with zero attached hydrogens (tertiary/aromatic N) is 2. The maximum Gasteiger partial charge on any atom is 0.356 e. The van der Waals surface area contributed by atoms with E-state index < -0.39 is 11.9 Å². The number of hydrogen-bond donors (Lipinski definition) is 2. The molecule has 0 saturated carbocycles. The van der Waals surface area contributed by atoms with Crippen LogP contribution in [0.15, 0.2) is 36.7 Å². The summed E-state index contributed by atoms with van der Waals surface area (Å²) in [6.45, 7) is 1.75. The number of hydrogen-bond acceptors (Lipinski definition) is 4. The number of carbonyl (C=O) groups excluding carboxylic acids is 1. The number of pyridine rings is 2. The Morgan fingerprint density at radius 1 is 1.11 bits per heavy atom. The van der Waals surface area contributed by atoms with Crippen LogP contribution in [0.1, 0.15) is 26.5 Å². The highest BCUT2D eigenvalue weighted by Gasteiger charge is 2.16. The summed E-state index contributed by atoms with van der Waals surface area (Å²) in [7, 11) is 0. The second-order valence-corrected chi connectivity index (χ2v) is 3.83. The van der Waals surface area contributed by atoms with Gasteiger partial charge in [0, 0.05) is 12.4 Å². The average molecular weight is 257 g/mol. The van der Waals surface area contributed by atoms with E-state index in [9.17, 15) is 9.59 Å². The summed E-state index contributed by atoms with van der Waals surface area (Å²) in [6.07, 6.45) is 2.86. The standard InChI is InChI=1S/C13H11N3O3/c1-8-4-2-6-14-10(8)12(17)16-9-5-3-7-15-11(9)13(18)19/h2-7H,1H3,(H,16,17)(H,18,19). The van der Waals surface area contributed by atoms with Crippen molar-refractivity contribution in [2.45, 2.75) is 6.92 Å². The van der Waals surface area contributed by atoms with Gasteiger partial charge in [0.15, 0.2) is 5.69 Å². The molecule has 96 valence electrons. The van der Waals surface area contributed by atoms with Crippen molar-refractivity contribution >= 4 is 17.6 Å². The van der Waals surface area contributed by atoms with Crippen LogP contribution < -0.4 is 5.32 Å². The Hall–Kier alpha value is -2.76. The second kappa shape index (κ2) is 5.26. The summed E-state index contributed by atoms with van der Waals surface area (Å²) >= 11 is 0. The Morgan fingerprint density at radius 3 is 2.37 bits per heavy atom. The van der Waals surface area contributed by atoms with Gasteiger partial charge in [0.25, 0.3) is 5.91 Å². The minimum absolute atomic E-state index is 0.144. The number of aryl methyl sites for hydroxylation is 1. The lowest BCUT2D eigenvalue weighted by atomic mass is 10.2. The molecule has 2 aromatic rings. The number of anilines is 1. The number of carboxylic acids is 1. The van der Waals surface area contributed by atoms with E-state index in [2.05, 4.69) is 15.3 Å². The molecule has 0 radical (unpaired) electrons. The normalized spacial score (nSPS) is 9.95. The largest absolute Gasteiger partial charge is 0.476 e. The van der Waals surface area contributed by atoms with Crippen LogP contribution in [0.5, 0.6) is 0 Å². The zero-order valence-electron chi connectivity index (χ0n) is 10.1. The molecule has 0 unspecified atom stereocenters. The van der Waals surface area contributed by atoms with Crippen molar-refractivity contribution in [1.29, 1.82) is 0 Å². The zero-order valence-corrected chi connectivity index (χ0v) is 10.1. The van der Waals surface area contributed by atoms with Gasteiger partial charge in [-0.05, 0) is 30.7 Å². The van der Waals surface area contributed by atoms with E-state index in [0.29, 0.717) is 5.56 Å². The van der Waals surface area contributed by atoms with Crippen LogP contribution in [0.2, 0.25) is 0 Å². The van der Waals surface area contributed by atoms with E-state index in [1.165, 1.54) is 18.5 Å². The summed E-state index contributed by atoms with van der Waals surface area (Å²) in [5, 5.41) is 11.5. The van der Waals surface area contributed by atoms with Gasteiger partial charge in [0.2, 0.25) is 0 Å². The number of nitrogens with one attached hydrogen (secondary N) is 1. The highest BCUT2D eigenvalue weighted by atomic mass is 16.4. The van der Waals surface area contributed by atoms with Crippen LogP contribution in [-0.4, -0.2) is 27.0 Å². The zero-order chi connectivity index (χ0) is 13.8. The summed E-state index contributed by atoms with van der Waals surface area (Å²) in [6, 6.07) is 6.50. The van der Waals surface area contributed by atoms with E-state index in [0.717, 1.165) is 0 Å². The number of carboxylic acid groups (broad SMARTS) is 1. The number of carbonyl (C=O) groups is 2. The molecule has 6 nitrogen and oxygen atoms in total. The van der Waals surface area contributed by atoms with Crippen LogP contribution in [0.3, 0.4) is 0 Å². The van der Waals surface area contributed by atoms with Crippen LogP contribution in [0.4, 0.5) is 5.69 Å². The lowest BCUT2D eigenvalue weighted by Gasteiger charge is -2.08. The number of aromatic carboxylic acids is 1. The third-order valence-corrected chi connectivity index (χ3v) is 2.48. The third kappa shape index (κ3) is 2.74. The van der Waals surface area contributed by atoms with Gasteiger partial charge in [0.1, 0.15) is 5.69 Å². The maximum absolute atomic E-state index is 12.0. The van der Waals surface area contributed by atoms with Gasteiger partial charge in [0.05, 0.1) is 5.69 Å². The molecule has 0 aliphatic heterocycles. The molecule has 0 aromatic carbocycles. The van der Waals surface area contributed by atoms with Gasteiger partial charge < -0.3 is 10.4 Å². The molecule has 0 aliphatic carbocycles. The fourth-order valence-electron chi connectivity index (χ4n) is 1.58. The van der Waals surface area contributed by atoms with Gasteiger partial charge >= 0.3 is 5.97 Å². The quantitative estimate of drug-likeness (QED) is 0.873. The Kier molecular flexibility index (Phi) is 3.51. The molecular weight excluding hydrogens is 246 g/mol. The van der Waals surface area contributed by atoms with Crippen LogP contribution in [0.25, 0.3) is 0 Å². The molecule has 1 amide bonds. The van der Waals surface area contributed by atoms with Gasteiger partial charge in [-0.1, -0.05) is 6.07 Å². The Bertz CT molecular complexity index is 641. The lowest BCUT2D eigenvalue weighted by molar-refractivity contribution is 0.0692. The van der Waals surface area contributed by atoms with Crippen molar-refractivity contribution in [3.8, 4) is 0 Å². The Morgan fingerprint density at radius 2 is 1.74 bits per heavy atom. The fraction of sp³-hybridized carbons (Fsp3) is 0.0769. The molecule has 0 spiro atoms. The first-order valence-corrected chi connectivity index (χ1v) is 5.51. The molecule has 2 heterocycles. The van der Waals surface area contributed by atoms with Crippen molar-refractivity contribution in [3.63, 3.8) is 0 Å². The highest BCUT2D eigenvalue weighted by Crippen LogP contribution is 2.14. The third-order valence-electron chi connectivity index (χ3n) is 2.48. The van der Waals surface area contributed by atoms with Gasteiger partial charge in [-0.15, -0.1) is 0 Å². The first-order chi connectivity index (χ1) is 9.09. The molecule has 0 atom stereocenters. The molecule has 0 fully saturated rings. The minimum atomic E-state index is -1.20. The number of rotatable bonds is 3. The van der Waals surface area contributed by atoms with Gasteiger partial charge in [-0.3, -0.25) is 9.78 Å². The molecule has 2 N–H and O–H groups in total. The summed E-state index contributed by atoms with van der Waals surface area (Å²) in [5.41, 5.74) is 0.901. The smallest absolute Gasteiger partial charge is 0.356 e. The summed E-state index contributed by atoms with van der Waals surface area (Å²) < 4.78 is 0. The fourth-order valence-corrected chi connectivity index (χ4v) is 1.58. The molecule has 0 saturated heterocycles. The first-order valence-electron chi connectivity index (χ1n) is 5.51. The van der Waals surface area contributed by atoms with Crippen LogP contribution in [-0.2, 0) is 0 Å². The van der Waals surface area contributed by atoms with Crippen molar-refractivity contribution in [2.24, 2.45) is 0 Å². The van der Waals surface area contributed by atoms with Crippen LogP contribution in [0, 0.1) is 6.92 Å². The van der Waals surface area contributed by atoms with E-state index >= 15 is 0 Å². The van der Waals surface area contributed by atoms with Gasteiger partial charge in [-0.2, -0.15) is 0 Å². The molecule has 2 aromatic heterocycles. The number of aromatic nitrogens is 2. The van der Waals surface area contributed by atoms with Crippen molar-refractivity contribution in [2.75, 3.05) is 5.32 Å². The van der Waals surface area contributed by atoms with Crippen LogP contribution >= 0.6 is 0 Å². The molecule has 0 aliphatic rings. The Balaban J connectivity index is 2.30. The number of amides is 1. The average Bonchev–Trinajstić information content (AvgIpc) is 2.39. The predicted molar refractivity (Wildman–Crippen MR) is 68.1 cm³/mol. The topological polar surface area (TPSA) is 92.2 Å². The molecule has 0 bridgehead atoms. The first kappa shape index (κ1) is 12.7. The van der Waals surface area contributed by atoms with E-state index in [4.69, 9.17) is 5.11 Å². The molecule has 19 heavy (non-hydrogen) atoms. The SMILES string of the molecule is Cc1cccnc1C(=O)Nc1cccnc1C(=O)O. The van der Waals surface area contributed by atoms with E-state index in [1.807, 2.05) is 0 Å². The van der Waals surface area contributed by atoms with E-state index in [-0.39, 0.29) is 17.1 Å². The Labute approximate surface area is 109 Å². The van der Waals surface area contributed by atoms with Crippen molar-refractivity contribution in [3.05, 3.63) is 53.6 Å². The maximum atomic E-state index is 12.0. The van der Waals surface area contributed by atoms with Crippen molar-refractivity contribution < 1.29 is 14.7 Å². The molecule has 2 rings (SSSR count). The monoisotopic (exact) mass is 257 g/mol. The minimum Gasteiger partial charge on any atom is -0.476 e. The van der Waals surface area contributed by atoms with E-state index in [1.54, 1.807) is 25.1 Å². The predicted octanol–water partition coefficient (Wildman–Crippen LogP) is 1.74. The van der Waals surface area contributed by atoms with Gasteiger partial charge in [-0.25, -0.2) is 9.78 Å². The molecular formula is C13H11N3O3. The lowest BCUT2D eigenvalue weighted by Crippen LogP contribution is -2.17. The van der Waals surface area contributed by atoms with Crippen molar-refractivity contribution in [1.82, 2.24) is 9.97 Å². The summed E-state index contributed by atoms with van der Waals surface area (Å²) in [5.74, 6) is -1.66. The second-order valence-electron chi connectivity index (χ2n) is 3.83.